The number of nitrogens with one attached hydrogen (secondary N) is 2. The number of rotatable bonds is 6. The van der Waals surface area contributed by atoms with E-state index in [0.717, 1.165) is 16.5 Å². The number of aromatic amines is 1. The summed E-state index contributed by atoms with van der Waals surface area (Å²) in [6.45, 7) is -0.173. The molecule has 4 N–H and O–H groups in total. The van der Waals surface area contributed by atoms with Gasteiger partial charge >= 0.3 is 0 Å². The van der Waals surface area contributed by atoms with E-state index in [1.165, 1.54) is 6.21 Å². The molecule has 0 bridgehead atoms. The lowest BCUT2D eigenvalue weighted by Gasteiger charge is -2.03. The fraction of sp³-hybridized carbons (Fsp3) is 0.0556. The van der Waals surface area contributed by atoms with Gasteiger partial charge in [-0.25, -0.2) is 5.43 Å². The van der Waals surface area contributed by atoms with E-state index >= 15 is 0 Å². The Morgan fingerprint density at radius 2 is 1.92 bits per heavy atom. The van der Waals surface area contributed by atoms with E-state index in [1.54, 1.807) is 30.5 Å². The van der Waals surface area contributed by atoms with Gasteiger partial charge in [-0.05, 0) is 35.9 Å². The first kappa shape index (κ1) is 16.3. The molecule has 0 spiro atoms. The van der Waals surface area contributed by atoms with Crippen LogP contribution in [0, 0.1) is 0 Å². The van der Waals surface area contributed by atoms with Crippen molar-refractivity contribution >= 4 is 28.9 Å². The Morgan fingerprint density at radius 3 is 2.68 bits per heavy atom. The molecular weight excluding hydrogens is 320 g/mol. The molecule has 0 aliphatic carbocycles. The number of amides is 2. The molecule has 0 fully saturated rings. The number of ether oxygens (including phenoxy) is 1. The van der Waals surface area contributed by atoms with Crippen LogP contribution in [0.5, 0.6) is 5.75 Å². The van der Waals surface area contributed by atoms with Crippen LogP contribution >= 0.6 is 0 Å². The molecular formula is C18H16N4O3. The third-order valence-electron chi connectivity index (χ3n) is 3.47. The van der Waals surface area contributed by atoms with E-state index in [0.29, 0.717) is 11.3 Å². The van der Waals surface area contributed by atoms with Gasteiger partial charge in [0.25, 0.3) is 11.8 Å². The number of primary amides is 1. The second kappa shape index (κ2) is 7.31. The van der Waals surface area contributed by atoms with Crippen molar-refractivity contribution in [3.05, 3.63) is 65.9 Å². The van der Waals surface area contributed by atoms with Crippen LogP contribution in [-0.2, 0) is 4.79 Å². The van der Waals surface area contributed by atoms with Crippen LogP contribution in [0.4, 0.5) is 0 Å². The number of benzene rings is 2. The first-order valence-electron chi connectivity index (χ1n) is 7.54. The summed E-state index contributed by atoms with van der Waals surface area (Å²) in [5.74, 6) is -0.306. The predicted octanol–water partition coefficient (Wildman–Crippen LogP) is 1.80. The Morgan fingerprint density at radius 1 is 1.16 bits per heavy atom. The zero-order valence-corrected chi connectivity index (χ0v) is 13.2. The zero-order valence-electron chi connectivity index (χ0n) is 13.2. The monoisotopic (exact) mass is 336 g/mol. The molecule has 25 heavy (non-hydrogen) atoms. The summed E-state index contributed by atoms with van der Waals surface area (Å²) in [6, 6.07) is 14.4. The van der Waals surface area contributed by atoms with Crippen LogP contribution in [0.3, 0.4) is 0 Å². The van der Waals surface area contributed by atoms with Crippen molar-refractivity contribution in [2.75, 3.05) is 6.61 Å². The lowest BCUT2D eigenvalue weighted by Crippen LogP contribution is -2.20. The number of nitrogens with two attached hydrogens (primary N) is 1. The standard InChI is InChI=1S/C18H16N4O3/c19-17(23)11-25-13-7-5-12(6-8-13)9-21-22-18(24)15-10-20-16-4-2-1-3-14(15)16/h1-10,20H,11H2,(H2,19,23)(H,22,24). The quantitative estimate of drug-likeness (QED) is 0.471. The van der Waals surface area contributed by atoms with Crippen molar-refractivity contribution in [2.45, 2.75) is 0 Å². The molecule has 1 heterocycles. The van der Waals surface area contributed by atoms with Crippen LogP contribution in [0.15, 0.2) is 59.8 Å². The number of carbonyl (C=O) groups excluding carboxylic acids is 2. The maximum atomic E-state index is 12.2. The van der Waals surface area contributed by atoms with Crippen LogP contribution in [0.25, 0.3) is 10.9 Å². The summed E-state index contributed by atoms with van der Waals surface area (Å²) < 4.78 is 5.16. The number of H-pyrrole nitrogens is 1. The van der Waals surface area contributed by atoms with E-state index in [4.69, 9.17) is 10.5 Å². The lowest BCUT2D eigenvalue weighted by molar-refractivity contribution is -0.119. The van der Waals surface area contributed by atoms with Crippen LogP contribution in [0.2, 0.25) is 0 Å². The van der Waals surface area contributed by atoms with Gasteiger partial charge < -0.3 is 15.5 Å². The van der Waals surface area contributed by atoms with Crippen molar-refractivity contribution < 1.29 is 14.3 Å². The van der Waals surface area contributed by atoms with E-state index < -0.39 is 5.91 Å². The molecule has 1 aromatic heterocycles. The van der Waals surface area contributed by atoms with Crippen molar-refractivity contribution in [3.8, 4) is 5.75 Å². The molecule has 0 atom stereocenters. The first-order chi connectivity index (χ1) is 12.1. The molecule has 0 saturated carbocycles. The highest BCUT2D eigenvalue weighted by atomic mass is 16.5. The highest BCUT2D eigenvalue weighted by Crippen LogP contribution is 2.17. The van der Waals surface area contributed by atoms with Gasteiger partial charge in [0.2, 0.25) is 0 Å². The molecule has 3 rings (SSSR count). The average Bonchev–Trinajstić information content (AvgIpc) is 3.05. The third kappa shape index (κ3) is 4.03. The molecule has 2 aromatic carbocycles. The van der Waals surface area contributed by atoms with Crippen molar-refractivity contribution in [3.63, 3.8) is 0 Å². The number of nitrogens with zero attached hydrogens (tertiary/aromatic N) is 1. The molecule has 0 radical (unpaired) electrons. The van der Waals surface area contributed by atoms with Gasteiger partial charge in [-0.1, -0.05) is 18.2 Å². The minimum atomic E-state index is -0.536. The number of hydrogen-bond acceptors (Lipinski definition) is 4. The van der Waals surface area contributed by atoms with Crippen molar-refractivity contribution in [1.29, 1.82) is 0 Å². The predicted molar refractivity (Wildman–Crippen MR) is 94.5 cm³/mol. The number of para-hydroxylation sites is 1. The second-order valence-corrected chi connectivity index (χ2v) is 5.27. The number of fused-ring (bicyclic) bond motifs is 1. The maximum Gasteiger partial charge on any atom is 0.273 e. The van der Waals surface area contributed by atoms with Gasteiger partial charge in [0, 0.05) is 17.1 Å². The van der Waals surface area contributed by atoms with Gasteiger partial charge in [-0.15, -0.1) is 0 Å². The van der Waals surface area contributed by atoms with Crippen LogP contribution in [-0.4, -0.2) is 29.6 Å². The van der Waals surface area contributed by atoms with Gasteiger partial charge in [0.1, 0.15) is 5.75 Å². The number of aromatic nitrogens is 1. The van der Waals surface area contributed by atoms with Gasteiger partial charge in [0.15, 0.2) is 6.61 Å². The van der Waals surface area contributed by atoms with Crippen LogP contribution in [0.1, 0.15) is 15.9 Å². The lowest BCUT2D eigenvalue weighted by atomic mass is 10.2. The number of carbonyl (C=O) groups is 2. The third-order valence-corrected chi connectivity index (χ3v) is 3.47. The summed E-state index contributed by atoms with van der Waals surface area (Å²) in [5, 5.41) is 4.79. The first-order valence-corrected chi connectivity index (χ1v) is 7.54. The number of hydrazone groups is 1. The second-order valence-electron chi connectivity index (χ2n) is 5.27. The molecule has 0 aliphatic heterocycles. The molecule has 126 valence electrons. The van der Waals surface area contributed by atoms with Gasteiger partial charge in [-0.2, -0.15) is 5.10 Å². The maximum absolute atomic E-state index is 12.2. The fourth-order valence-electron chi connectivity index (χ4n) is 2.29. The minimum absolute atomic E-state index is 0.173. The van der Waals surface area contributed by atoms with Gasteiger partial charge in [0.05, 0.1) is 11.8 Å². The summed E-state index contributed by atoms with van der Waals surface area (Å²) in [5.41, 5.74) is 9.70. The zero-order chi connectivity index (χ0) is 17.6. The molecule has 3 aromatic rings. The Kier molecular flexibility index (Phi) is 4.75. The minimum Gasteiger partial charge on any atom is -0.484 e. The SMILES string of the molecule is NC(=O)COc1ccc(C=NNC(=O)c2c[nH]c3ccccc23)cc1. The van der Waals surface area contributed by atoms with Crippen LogP contribution < -0.4 is 15.9 Å². The molecule has 0 unspecified atom stereocenters. The largest absolute Gasteiger partial charge is 0.484 e. The Labute approximate surface area is 143 Å². The molecule has 2 amide bonds. The smallest absolute Gasteiger partial charge is 0.273 e. The van der Waals surface area contributed by atoms with E-state index in [9.17, 15) is 9.59 Å². The molecule has 0 aliphatic rings. The Bertz CT molecular complexity index is 929. The van der Waals surface area contributed by atoms with Gasteiger partial charge in [-0.3, -0.25) is 9.59 Å². The average molecular weight is 336 g/mol. The van der Waals surface area contributed by atoms with E-state index in [1.807, 2.05) is 24.3 Å². The number of hydrogen-bond donors (Lipinski definition) is 3. The summed E-state index contributed by atoms with van der Waals surface area (Å²) >= 11 is 0. The topological polar surface area (TPSA) is 110 Å². The Hall–Kier alpha value is -3.61. The molecule has 7 nitrogen and oxygen atoms in total. The van der Waals surface area contributed by atoms with Crippen molar-refractivity contribution in [2.24, 2.45) is 10.8 Å². The highest BCUT2D eigenvalue weighted by Gasteiger charge is 2.10. The highest BCUT2D eigenvalue weighted by molar-refractivity contribution is 6.06. The summed E-state index contributed by atoms with van der Waals surface area (Å²) in [7, 11) is 0. The normalized spacial score (nSPS) is 10.9. The molecule has 7 heteroatoms. The summed E-state index contributed by atoms with van der Waals surface area (Å²) in [6.07, 6.45) is 3.17. The molecule has 0 saturated heterocycles. The Balaban J connectivity index is 1.61. The van der Waals surface area contributed by atoms with Crippen molar-refractivity contribution in [1.82, 2.24) is 10.4 Å². The fourth-order valence-corrected chi connectivity index (χ4v) is 2.29. The van der Waals surface area contributed by atoms with E-state index in [2.05, 4.69) is 15.5 Å². The van der Waals surface area contributed by atoms with E-state index in [-0.39, 0.29) is 12.5 Å². The summed E-state index contributed by atoms with van der Waals surface area (Å²) in [4.78, 5) is 25.9.